The Morgan fingerprint density at radius 3 is 1.00 bits per heavy atom. The molecule has 8 heavy (non-hydrogen) atoms. The molecule has 0 atom stereocenters. The van der Waals surface area contributed by atoms with E-state index < -0.39 is 7.82 Å². The molecule has 8 heteroatoms. The summed E-state index contributed by atoms with van der Waals surface area (Å²) in [4.78, 5) is 21.6. The van der Waals surface area contributed by atoms with Gasteiger partial charge in [-0.1, -0.05) is 0 Å². The van der Waals surface area contributed by atoms with Crippen LogP contribution in [0.2, 0.25) is 0 Å². The molecule has 0 aliphatic rings. The van der Waals surface area contributed by atoms with E-state index in [1.807, 2.05) is 0 Å². The van der Waals surface area contributed by atoms with Crippen LogP contribution in [0.4, 0.5) is 0 Å². The van der Waals surface area contributed by atoms with Crippen LogP contribution in [0.5, 0.6) is 0 Å². The number of hydrogen-bond donors (Lipinski definition) is 3. The van der Waals surface area contributed by atoms with Crippen molar-refractivity contribution in [1.29, 1.82) is 0 Å². The van der Waals surface area contributed by atoms with E-state index in [4.69, 9.17) is 19.2 Å². The van der Waals surface area contributed by atoms with Crippen molar-refractivity contribution in [1.82, 2.24) is 0 Å². The van der Waals surface area contributed by atoms with E-state index in [0.717, 1.165) is 0 Å². The molecule has 0 saturated carbocycles. The largest absolute Gasteiger partial charge is 0.466 e. The third-order valence-corrected chi connectivity index (χ3v) is 0. The van der Waals surface area contributed by atoms with Crippen molar-refractivity contribution >= 4 is 18.8 Å². The van der Waals surface area contributed by atoms with E-state index in [2.05, 4.69) is 0 Å². The predicted molar refractivity (Wildman–Crippen MR) is 25.6 cm³/mol. The third kappa shape index (κ3) is 132. The Bertz CT molecular complexity index is 60.2. The molecule has 0 amide bonds. The van der Waals surface area contributed by atoms with Gasteiger partial charge in [0.2, 0.25) is 0 Å². The average Bonchev–Trinajstić information content (AvgIpc) is 0.722. The molecule has 0 spiro atoms. The van der Waals surface area contributed by atoms with Crippen LogP contribution in [0.3, 0.4) is 0 Å². The zero-order valence-electron chi connectivity index (χ0n) is 3.61. The Labute approximate surface area is 76.8 Å². The SMILES string of the molecule is O=P(O)(O)O.[SiH4].[Zn].[Zn]. The minimum Gasteiger partial charge on any atom is -0.303 e. The summed E-state index contributed by atoms with van der Waals surface area (Å²) < 4.78 is 8.88. The smallest absolute Gasteiger partial charge is 0.303 e. The molecule has 0 aromatic heterocycles. The van der Waals surface area contributed by atoms with Gasteiger partial charge in [0.05, 0.1) is 0 Å². The topological polar surface area (TPSA) is 77.8 Å². The maximum absolute atomic E-state index is 8.88. The molecule has 0 rings (SSSR count). The van der Waals surface area contributed by atoms with Gasteiger partial charge in [-0.2, -0.15) is 0 Å². The molecule has 0 bridgehead atoms. The summed E-state index contributed by atoms with van der Waals surface area (Å²) in [5.41, 5.74) is 0. The Morgan fingerprint density at radius 2 is 1.00 bits per heavy atom. The fourth-order valence-corrected chi connectivity index (χ4v) is 0. The molecule has 3 N–H and O–H groups in total. The van der Waals surface area contributed by atoms with Crippen LogP contribution in [0.15, 0.2) is 0 Å². The molecule has 0 heterocycles. The van der Waals surface area contributed by atoms with E-state index in [-0.39, 0.29) is 49.9 Å². The van der Waals surface area contributed by atoms with Gasteiger partial charge in [-0.3, -0.25) is 0 Å². The number of phosphoric acid groups is 1. The summed E-state index contributed by atoms with van der Waals surface area (Å²) in [6.07, 6.45) is 0. The van der Waals surface area contributed by atoms with E-state index in [0.29, 0.717) is 0 Å². The quantitative estimate of drug-likeness (QED) is 0.336. The van der Waals surface area contributed by atoms with E-state index in [1.165, 1.54) is 0 Å². The molecule has 0 aliphatic heterocycles. The Hall–Kier alpha value is 1.57. The van der Waals surface area contributed by atoms with Crippen LogP contribution in [0.25, 0.3) is 0 Å². The molecule has 0 aromatic rings. The summed E-state index contributed by atoms with van der Waals surface area (Å²) >= 11 is 0. The fourth-order valence-electron chi connectivity index (χ4n) is 0. The summed E-state index contributed by atoms with van der Waals surface area (Å²) in [5, 5.41) is 0. The zero-order chi connectivity index (χ0) is 4.50. The second-order valence-electron chi connectivity index (χ2n) is 0.513. The third-order valence-electron chi connectivity index (χ3n) is 0. The van der Waals surface area contributed by atoms with Gasteiger partial charge in [0, 0.05) is 39.0 Å². The van der Waals surface area contributed by atoms with E-state index in [9.17, 15) is 0 Å². The molecule has 0 unspecified atom stereocenters. The van der Waals surface area contributed by atoms with E-state index >= 15 is 0 Å². The van der Waals surface area contributed by atoms with Gasteiger partial charge in [0.15, 0.2) is 0 Å². The predicted octanol–water partition coefficient (Wildman–Crippen LogP) is -2.39. The second kappa shape index (κ2) is 8.57. The van der Waals surface area contributed by atoms with Crippen LogP contribution in [-0.4, -0.2) is 25.6 Å². The van der Waals surface area contributed by atoms with Gasteiger partial charge in [-0.15, -0.1) is 0 Å². The van der Waals surface area contributed by atoms with Crippen molar-refractivity contribution in [3.05, 3.63) is 0 Å². The van der Waals surface area contributed by atoms with Gasteiger partial charge in [0.1, 0.15) is 0 Å². The van der Waals surface area contributed by atoms with Crippen LogP contribution in [0.1, 0.15) is 0 Å². The average molecular weight is 261 g/mol. The first kappa shape index (κ1) is 22.7. The van der Waals surface area contributed by atoms with Gasteiger partial charge >= 0.3 is 7.82 Å². The van der Waals surface area contributed by atoms with Crippen molar-refractivity contribution in [2.24, 2.45) is 0 Å². The molecule has 0 aromatic carbocycles. The van der Waals surface area contributed by atoms with Crippen LogP contribution < -0.4 is 0 Å². The molecule has 0 fully saturated rings. The maximum atomic E-state index is 8.88. The van der Waals surface area contributed by atoms with Crippen molar-refractivity contribution in [3.8, 4) is 0 Å². The van der Waals surface area contributed by atoms with Crippen molar-refractivity contribution in [2.45, 2.75) is 0 Å². The first-order valence-corrected chi connectivity index (χ1v) is 2.35. The fraction of sp³-hybridized carbons (Fsp3) is 0. The zero-order valence-corrected chi connectivity index (χ0v) is 10.4. The second-order valence-corrected chi connectivity index (χ2v) is 1.54. The minimum atomic E-state index is -4.64. The summed E-state index contributed by atoms with van der Waals surface area (Å²) in [5.74, 6) is 0. The van der Waals surface area contributed by atoms with Crippen molar-refractivity contribution < 1.29 is 58.2 Å². The molecule has 44 valence electrons. The van der Waals surface area contributed by atoms with Gasteiger partial charge < -0.3 is 14.7 Å². The Kier molecular flexibility index (Phi) is 24.3. The molecular formula is H7O4PSiZn2. The van der Waals surface area contributed by atoms with Gasteiger partial charge in [-0.05, 0) is 11.0 Å². The number of rotatable bonds is 0. The van der Waals surface area contributed by atoms with E-state index in [1.54, 1.807) is 0 Å². The molecule has 4 nitrogen and oxygen atoms in total. The summed E-state index contributed by atoms with van der Waals surface area (Å²) in [6, 6.07) is 0. The maximum Gasteiger partial charge on any atom is 0.466 e. The standard InChI is InChI=1S/H3O4P.H4Si.2Zn/c1-5(2,3)4;;;/h(H3,1,2,3,4);1H4;;. The number of hydrogen-bond acceptors (Lipinski definition) is 1. The molecule has 0 saturated heterocycles. The summed E-state index contributed by atoms with van der Waals surface area (Å²) in [7, 11) is -4.64. The molecule has 0 radical (unpaired) electrons. The van der Waals surface area contributed by atoms with Gasteiger partial charge in [-0.25, -0.2) is 4.57 Å². The first-order chi connectivity index (χ1) is 2.00. The van der Waals surface area contributed by atoms with Gasteiger partial charge in [0.25, 0.3) is 0 Å². The van der Waals surface area contributed by atoms with Crippen LogP contribution in [0, 0.1) is 0 Å². The minimum absolute atomic E-state index is 0. The van der Waals surface area contributed by atoms with Crippen molar-refractivity contribution in [3.63, 3.8) is 0 Å². The molecular weight excluding hydrogens is 254 g/mol. The first-order valence-electron chi connectivity index (χ1n) is 0.783. The Balaban J connectivity index is -0.0000000267. The Morgan fingerprint density at radius 1 is 1.00 bits per heavy atom. The molecule has 0 aliphatic carbocycles. The monoisotopic (exact) mass is 258 g/mol. The summed E-state index contributed by atoms with van der Waals surface area (Å²) in [6.45, 7) is 0. The van der Waals surface area contributed by atoms with Crippen LogP contribution in [-0.2, 0) is 43.5 Å². The van der Waals surface area contributed by atoms with Crippen molar-refractivity contribution in [2.75, 3.05) is 0 Å². The van der Waals surface area contributed by atoms with Crippen LogP contribution >= 0.6 is 7.82 Å². The normalized spacial score (nSPS) is 7.38.